The number of rotatable bonds is 9. The number of hydrogen-bond donors (Lipinski definition) is 6. The lowest BCUT2D eigenvalue weighted by Gasteiger charge is -2.19. The number of nitrogens with one attached hydrogen (secondary N) is 4. The fourth-order valence-electron chi connectivity index (χ4n) is 3.42. The molecule has 3 aromatic rings. The lowest BCUT2D eigenvalue weighted by molar-refractivity contribution is -0.133. The minimum Gasteiger partial charge on any atom is -0.391 e. The van der Waals surface area contributed by atoms with Crippen molar-refractivity contribution in [1.29, 1.82) is 0 Å². The van der Waals surface area contributed by atoms with Crippen molar-refractivity contribution in [2.75, 3.05) is 11.9 Å². The number of amides is 3. The zero-order valence-corrected chi connectivity index (χ0v) is 21.1. The van der Waals surface area contributed by atoms with Crippen LogP contribution in [0.3, 0.4) is 0 Å². The van der Waals surface area contributed by atoms with Gasteiger partial charge in [0.15, 0.2) is 0 Å². The first-order valence-corrected chi connectivity index (χ1v) is 12.0. The first-order chi connectivity index (χ1) is 18.2. The number of carbonyl (C=O) groups excluding carboxylic acids is 3. The molecule has 6 N–H and O–H groups in total. The third-order valence-electron chi connectivity index (χ3n) is 5.56. The maximum absolute atomic E-state index is 12.4. The Labute approximate surface area is 221 Å². The summed E-state index contributed by atoms with van der Waals surface area (Å²) in [5.74, 6) is 4.39. The van der Waals surface area contributed by atoms with Crippen molar-refractivity contribution in [2.24, 2.45) is 0 Å². The van der Waals surface area contributed by atoms with Crippen molar-refractivity contribution in [3.8, 4) is 11.8 Å². The Hall–Kier alpha value is -4.49. The third-order valence-corrected chi connectivity index (χ3v) is 5.56. The summed E-state index contributed by atoms with van der Waals surface area (Å²) in [6, 6.07) is 20.4. The Morgan fingerprint density at radius 2 is 1.45 bits per heavy atom. The lowest BCUT2D eigenvalue weighted by atomic mass is 10.1. The molecule has 3 aromatic carbocycles. The van der Waals surface area contributed by atoms with Crippen LogP contribution in [0.15, 0.2) is 72.8 Å². The van der Waals surface area contributed by atoms with E-state index in [0.717, 1.165) is 11.1 Å². The average Bonchev–Trinajstić information content (AvgIpc) is 2.92. The van der Waals surface area contributed by atoms with Gasteiger partial charge in [0.2, 0.25) is 5.91 Å². The van der Waals surface area contributed by atoms with E-state index in [9.17, 15) is 19.5 Å². The fourth-order valence-corrected chi connectivity index (χ4v) is 3.42. The number of anilines is 1. The Morgan fingerprint density at radius 1 is 0.868 bits per heavy atom. The van der Waals surface area contributed by atoms with Gasteiger partial charge in [-0.1, -0.05) is 41.7 Å². The van der Waals surface area contributed by atoms with Gasteiger partial charge in [-0.05, 0) is 67.9 Å². The highest BCUT2D eigenvalue weighted by atomic mass is 16.5. The molecule has 0 aliphatic heterocycles. The smallest absolute Gasteiger partial charge is 0.268 e. The highest BCUT2D eigenvalue weighted by molar-refractivity contribution is 5.97. The molecule has 38 heavy (non-hydrogen) atoms. The predicted octanol–water partition coefficient (Wildman–Crippen LogP) is 2.11. The van der Waals surface area contributed by atoms with Crippen LogP contribution in [0, 0.1) is 18.8 Å². The van der Waals surface area contributed by atoms with Gasteiger partial charge in [-0.2, -0.15) is 0 Å². The molecule has 9 heteroatoms. The second-order valence-electron chi connectivity index (χ2n) is 8.71. The van der Waals surface area contributed by atoms with Crippen LogP contribution < -0.4 is 21.4 Å². The van der Waals surface area contributed by atoms with E-state index >= 15 is 0 Å². The number of benzene rings is 3. The summed E-state index contributed by atoms with van der Waals surface area (Å²) in [7, 11) is 0. The quantitative estimate of drug-likeness (QED) is 0.147. The van der Waals surface area contributed by atoms with Gasteiger partial charge in [0.05, 0.1) is 12.6 Å². The van der Waals surface area contributed by atoms with E-state index in [2.05, 4.69) is 27.8 Å². The minimum atomic E-state index is -1.30. The molecule has 0 aromatic heterocycles. The molecular formula is C29H30N4O5. The summed E-state index contributed by atoms with van der Waals surface area (Å²) in [6.45, 7) is 4.16. The van der Waals surface area contributed by atoms with E-state index in [1.165, 1.54) is 18.0 Å². The third kappa shape index (κ3) is 8.57. The van der Waals surface area contributed by atoms with E-state index < -0.39 is 24.0 Å². The number of aryl methyl sites for hydroxylation is 1. The summed E-state index contributed by atoms with van der Waals surface area (Å²) < 4.78 is 0. The van der Waals surface area contributed by atoms with Crippen molar-refractivity contribution in [3.05, 3.63) is 101 Å². The molecule has 0 radical (unpaired) electrons. The van der Waals surface area contributed by atoms with E-state index in [1.54, 1.807) is 48.5 Å². The minimum absolute atomic E-state index is 0.142. The van der Waals surface area contributed by atoms with Crippen molar-refractivity contribution in [3.63, 3.8) is 0 Å². The van der Waals surface area contributed by atoms with Crippen LogP contribution in [0.1, 0.15) is 39.5 Å². The summed E-state index contributed by atoms with van der Waals surface area (Å²) in [4.78, 5) is 36.1. The van der Waals surface area contributed by atoms with Gasteiger partial charge in [-0.25, -0.2) is 5.48 Å². The molecule has 0 saturated carbocycles. The normalized spacial score (nSPS) is 11.9. The second-order valence-corrected chi connectivity index (χ2v) is 8.71. The van der Waals surface area contributed by atoms with E-state index in [-0.39, 0.29) is 18.0 Å². The summed E-state index contributed by atoms with van der Waals surface area (Å²) in [6.07, 6.45) is -1.20. The topological polar surface area (TPSA) is 140 Å². The van der Waals surface area contributed by atoms with Crippen molar-refractivity contribution < 1.29 is 24.7 Å². The summed E-state index contributed by atoms with van der Waals surface area (Å²) in [5, 5.41) is 26.7. The van der Waals surface area contributed by atoms with Crippen molar-refractivity contribution >= 4 is 23.4 Å². The Bertz CT molecular complexity index is 1310. The van der Waals surface area contributed by atoms with Gasteiger partial charge < -0.3 is 21.1 Å². The molecule has 0 saturated heterocycles. The SMILES string of the molecule is Cc1ccc(CNCC(=O)Nc2ccc(C#Cc3ccc(C(=O)NC(C(=O)NO)C(C)O)cc3)cc2)cc1. The standard InChI is InChI=1S/C29H30N4O5/c1-19-3-5-23(6-4-19)17-30-18-26(35)31-25-15-11-22(12-16-25)8-7-21-9-13-24(14-10-21)28(36)32-27(20(2)34)29(37)33-38/h3-6,9-16,20,27,30,34,38H,17-18H2,1-2H3,(H,31,35)(H,32,36)(H,33,37). The molecule has 196 valence electrons. The van der Waals surface area contributed by atoms with Gasteiger partial charge >= 0.3 is 0 Å². The highest BCUT2D eigenvalue weighted by Gasteiger charge is 2.25. The molecule has 0 fully saturated rings. The molecule has 2 atom stereocenters. The first kappa shape index (κ1) is 28.1. The Morgan fingerprint density at radius 3 is 2.00 bits per heavy atom. The molecule has 3 rings (SSSR count). The average molecular weight is 515 g/mol. The monoisotopic (exact) mass is 514 g/mol. The largest absolute Gasteiger partial charge is 0.391 e. The summed E-state index contributed by atoms with van der Waals surface area (Å²) >= 11 is 0. The maximum atomic E-state index is 12.4. The van der Waals surface area contributed by atoms with E-state index in [4.69, 9.17) is 5.21 Å². The Kier molecular flexibility index (Phi) is 10.1. The van der Waals surface area contributed by atoms with Gasteiger partial charge in [0.25, 0.3) is 11.8 Å². The highest BCUT2D eigenvalue weighted by Crippen LogP contribution is 2.10. The molecule has 9 nitrogen and oxygen atoms in total. The first-order valence-electron chi connectivity index (χ1n) is 12.0. The summed E-state index contributed by atoms with van der Waals surface area (Å²) in [5.41, 5.74) is 6.06. The van der Waals surface area contributed by atoms with Crippen LogP contribution in [-0.4, -0.2) is 46.7 Å². The predicted molar refractivity (Wildman–Crippen MR) is 143 cm³/mol. The maximum Gasteiger partial charge on any atom is 0.268 e. The molecular weight excluding hydrogens is 484 g/mol. The molecule has 3 amide bonds. The van der Waals surface area contributed by atoms with Gasteiger partial charge in [-0.3, -0.25) is 19.6 Å². The molecule has 0 bridgehead atoms. The van der Waals surface area contributed by atoms with Crippen LogP contribution in [0.5, 0.6) is 0 Å². The number of aliphatic hydroxyl groups is 1. The lowest BCUT2D eigenvalue weighted by Crippen LogP contribution is -2.51. The van der Waals surface area contributed by atoms with Gasteiger partial charge in [0, 0.05) is 28.9 Å². The second kappa shape index (κ2) is 13.7. The number of hydroxylamine groups is 1. The number of hydrogen-bond acceptors (Lipinski definition) is 6. The van der Waals surface area contributed by atoms with Crippen molar-refractivity contribution in [2.45, 2.75) is 32.5 Å². The number of carbonyl (C=O) groups is 3. The molecule has 0 aliphatic rings. The van der Waals surface area contributed by atoms with Crippen molar-refractivity contribution in [1.82, 2.24) is 16.1 Å². The van der Waals surface area contributed by atoms with Crippen LogP contribution in [0.25, 0.3) is 0 Å². The van der Waals surface area contributed by atoms with Crippen LogP contribution >= 0.6 is 0 Å². The van der Waals surface area contributed by atoms with E-state index in [1.807, 2.05) is 31.2 Å². The molecule has 2 unspecified atom stereocenters. The fraction of sp³-hybridized carbons (Fsp3) is 0.207. The molecule has 0 heterocycles. The Balaban J connectivity index is 1.50. The van der Waals surface area contributed by atoms with Crippen LogP contribution in [-0.2, 0) is 16.1 Å². The molecule has 0 spiro atoms. The van der Waals surface area contributed by atoms with Crippen LogP contribution in [0.2, 0.25) is 0 Å². The zero-order chi connectivity index (χ0) is 27.5. The zero-order valence-electron chi connectivity index (χ0n) is 21.1. The van der Waals surface area contributed by atoms with Gasteiger partial charge in [0.1, 0.15) is 6.04 Å². The molecule has 0 aliphatic carbocycles. The van der Waals surface area contributed by atoms with E-state index in [0.29, 0.717) is 17.8 Å². The van der Waals surface area contributed by atoms with Crippen LogP contribution in [0.4, 0.5) is 5.69 Å². The van der Waals surface area contributed by atoms with Gasteiger partial charge in [-0.15, -0.1) is 0 Å². The number of aliphatic hydroxyl groups excluding tert-OH is 1.